The fourth-order valence-electron chi connectivity index (χ4n) is 2.62. The first kappa shape index (κ1) is 13.7. The number of benzene rings is 2. The molecule has 0 bridgehead atoms. The molecule has 2 aromatic carbocycles. The molecule has 108 valence electrons. The van der Waals surface area contributed by atoms with Crippen LogP contribution in [0.25, 0.3) is 0 Å². The van der Waals surface area contributed by atoms with Crippen LogP contribution in [-0.2, 0) is 0 Å². The van der Waals surface area contributed by atoms with Gasteiger partial charge in [-0.1, -0.05) is 36.4 Å². The number of anilines is 2. The van der Waals surface area contributed by atoms with Crippen molar-refractivity contribution < 1.29 is 0 Å². The molecule has 0 saturated carbocycles. The van der Waals surface area contributed by atoms with E-state index < -0.39 is 0 Å². The first-order valence-corrected chi connectivity index (χ1v) is 7.48. The van der Waals surface area contributed by atoms with E-state index in [9.17, 15) is 0 Å². The molecule has 1 aliphatic rings. The Bertz CT molecular complexity index is 555. The minimum absolute atomic E-state index is 0.274. The molecule has 0 spiro atoms. The molecule has 0 N–H and O–H groups in total. The summed E-state index contributed by atoms with van der Waals surface area (Å²) in [6.07, 6.45) is 0. The van der Waals surface area contributed by atoms with Crippen molar-refractivity contribution in [3.05, 3.63) is 60.7 Å². The van der Waals surface area contributed by atoms with Crippen molar-refractivity contribution >= 4 is 17.3 Å². The van der Waals surface area contributed by atoms with E-state index in [4.69, 9.17) is 4.99 Å². The lowest BCUT2D eigenvalue weighted by atomic mass is 10.3. The summed E-state index contributed by atoms with van der Waals surface area (Å²) in [6, 6.07) is 21.3. The quantitative estimate of drug-likeness (QED) is 0.851. The highest BCUT2D eigenvalue weighted by molar-refractivity contribution is 6.09. The normalized spacial score (nSPS) is 14.9. The van der Waals surface area contributed by atoms with Crippen LogP contribution in [0.3, 0.4) is 0 Å². The van der Waals surface area contributed by atoms with E-state index in [1.165, 1.54) is 11.4 Å². The predicted octanol–water partition coefficient (Wildman–Crippen LogP) is 3.78. The van der Waals surface area contributed by atoms with Crippen molar-refractivity contribution in [1.29, 1.82) is 0 Å². The monoisotopic (exact) mass is 279 g/mol. The van der Waals surface area contributed by atoms with Crippen LogP contribution < -0.4 is 9.80 Å². The molecule has 0 unspecified atom stereocenters. The van der Waals surface area contributed by atoms with E-state index in [1.54, 1.807) is 0 Å². The fraction of sp³-hybridized carbons (Fsp3) is 0.278. The summed E-state index contributed by atoms with van der Waals surface area (Å²) < 4.78 is 0. The van der Waals surface area contributed by atoms with E-state index in [0.717, 1.165) is 19.0 Å². The van der Waals surface area contributed by atoms with Crippen LogP contribution in [0, 0.1) is 0 Å². The highest BCUT2D eigenvalue weighted by atomic mass is 15.4. The SMILES string of the molecule is CC(C)N=C1N(c2ccccc2)CCN1c1ccccc1. The maximum absolute atomic E-state index is 4.86. The molecular weight excluding hydrogens is 258 g/mol. The average molecular weight is 279 g/mol. The van der Waals surface area contributed by atoms with Gasteiger partial charge in [0.15, 0.2) is 0 Å². The van der Waals surface area contributed by atoms with Gasteiger partial charge in [-0.15, -0.1) is 0 Å². The van der Waals surface area contributed by atoms with Crippen molar-refractivity contribution in [3.63, 3.8) is 0 Å². The molecule has 1 aliphatic heterocycles. The number of aliphatic imine (C=N–C) groups is 1. The third-order valence-electron chi connectivity index (χ3n) is 3.54. The molecule has 21 heavy (non-hydrogen) atoms. The van der Waals surface area contributed by atoms with Gasteiger partial charge in [0.2, 0.25) is 5.96 Å². The Morgan fingerprint density at radius 1 is 0.762 bits per heavy atom. The number of para-hydroxylation sites is 2. The summed E-state index contributed by atoms with van der Waals surface area (Å²) in [4.78, 5) is 9.46. The van der Waals surface area contributed by atoms with E-state index in [-0.39, 0.29) is 6.04 Å². The standard InChI is InChI=1S/C18H21N3/c1-15(2)19-18-20(16-9-5-3-6-10-16)13-14-21(18)17-11-7-4-8-12-17/h3-12,15H,13-14H2,1-2H3. The van der Waals surface area contributed by atoms with Crippen LogP contribution >= 0.6 is 0 Å². The fourth-order valence-corrected chi connectivity index (χ4v) is 2.62. The number of nitrogens with zero attached hydrogens (tertiary/aromatic N) is 3. The Balaban J connectivity index is 1.97. The van der Waals surface area contributed by atoms with Crippen LogP contribution in [-0.4, -0.2) is 25.1 Å². The first-order chi connectivity index (χ1) is 10.3. The minimum atomic E-state index is 0.274. The summed E-state index contributed by atoms with van der Waals surface area (Å²) in [5.74, 6) is 1.04. The number of guanidine groups is 1. The minimum Gasteiger partial charge on any atom is -0.310 e. The largest absolute Gasteiger partial charge is 0.310 e. The summed E-state index contributed by atoms with van der Waals surface area (Å²) in [5, 5.41) is 0. The van der Waals surface area contributed by atoms with Gasteiger partial charge in [0, 0.05) is 30.5 Å². The highest BCUT2D eigenvalue weighted by Gasteiger charge is 2.28. The van der Waals surface area contributed by atoms with Gasteiger partial charge in [0.25, 0.3) is 0 Å². The predicted molar refractivity (Wildman–Crippen MR) is 90.1 cm³/mol. The van der Waals surface area contributed by atoms with Gasteiger partial charge < -0.3 is 9.80 Å². The third kappa shape index (κ3) is 2.92. The smallest absolute Gasteiger partial charge is 0.206 e. The van der Waals surface area contributed by atoms with Crippen molar-refractivity contribution in [2.75, 3.05) is 22.9 Å². The second-order valence-corrected chi connectivity index (χ2v) is 5.50. The molecule has 0 aliphatic carbocycles. The molecule has 1 fully saturated rings. The van der Waals surface area contributed by atoms with Crippen molar-refractivity contribution in [3.8, 4) is 0 Å². The molecule has 0 aromatic heterocycles. The highest BCUT2D eigenvalue weighted by Crippen LogP contribution is 2.25. The zero-order chi connectivity index (χ0) is 14.7. The van der Waals surface area contributed by atoms with Gasteiger partial charge in [0.1, 0.15) is 0 Å². The van der Waals surface area contributed by atoms with Gasteiger partial charge in [-0.3, -0.25) is 0 Å². The maximum Gasteiger partial charge on any atom is 0.206 e. The Labute approximate surface area is 126 Å². The number of rotatable bonds is 3. The zero-order valence-electron chi connectivity index (χ0n) is 12.6. The summed E-state index contributed by atoms with van der Waals surface area (Å²) >= 11 is 0. The maximum atomic E-state index is 4.86. The first-order valence-electron chi connectivity index (χ1n) is 7.48. The molecule has 3 nitrogen and oxygen atoms in total. The van der Waals surface area contributed by atoms with Gasteiger partial charge in [-0.2, -0.15) is 0 Å². The molecule has 3 heteroatoms. The van der Waals surface area contributed by atoms with Crippen molar-refractivity contribution in [1.82, 2.24) is 0 Å². The Kier molecular flexibility index (Phi) is 3.91. The van der Waals surface area contributed by atoms with Gasteiger partial charge >= 0.3 is 0 Å². The molecule has 0 amide bonds. The molecule has 2 aromatic rings. The van der Waals surface area contributed by atoms with Crippen LogP contribution in [0.1, 0.15) is 13.8 Å². The Hall–Kier alpha value is -2.29. The molecule has 0 radical (unpaired) electrons. The molecule has 0 atom stereocenters. The lowest BCUT2D eigenvalue weighted by Gasteiger charge is -2.24. The van der Waals surface area contributed by atoms with E-state index >= 15 is 0 Å². The van der Waals surface area contributed by atoms with Crippen molar-refractivity contribution in [2.45, 2.75) is 19.9 Å². The molecule has 3 rings (SSSR count). The van der Waals surface area contributed by atoms with Gasteiger partial charge in [-0.05, 0) is 38.1 Å². The lowest BCUT2D eigenvalue weighted by molar-refractivity contribution is 0.829. The summed E-state index contributed by atoms with van der Waals surface area (Å²) in [7, 11) is 0. The van der Waals surface area contributed by atoms with Crippen LogP contribution in [0.2, 0.25) is 0 Å². The number of hydrogen-bond donors (Lipinski definition) is 0. The topological polar surface area (TPSA) is 18.8 Å². The lowest BCUT2D eigenvalue weighted by Crippen LogP contribution is -2.34. The average Bonchev–Trinajstić information content (AvgIpc) is 2.92. The van der Waals surface area contributed by atoms with Crippen molar-refractivity contribution in [2.24, 2.45) is 4.99 Å². The molecular formula is C18H21N3. The van der Waals surface area contributed by atoms with Gasteiger partial charge in [-0.25, -0.2) is 4.99 Å². The molecule has 1 heterocycles. The third-order valence-corrected chi connectivity index (χ3v) is 3.54. The molecule has 1 saturated heterocycles. The summed E-state index contributed by atoms with van der Waals surface area (Å²) in [6.45, 7) is 6.17. The Morgan fingerprint density at radius 2 is 1.19 bits per heavy atom. The second-order valence-electron chi connectivity index (χ2n) is 5.50. The Morgan fingerprint density at radius 3 is 1.57 bits per heavy atom. The second kappa shape index (κ2) is 6.00. The van der Waals surface area contributed by atoms with E-state index in [2.05, 4.69) is 72.2 Å². The van der Waals surface area contributed by atoms with Gasteiger partial charge in [0.05, 0.1) is 0 Å². The van der Waals surface area contributed by atoms with Crippen LogP contribution in [0.15, 0.2) is 65.7 Å². The summed E-state index contributed by atoms with van der Waals surface area (Å²) in [5.41, 5.74) is 2.41. The van der Waals surface area contributed by atoms with E-state index in [0.29, 0.717) is 0 Å². The van der Waals surface area contributed by atoms with E-state index in [1.807, 2.05) is 12.1 Å². The van der Waals surface area contributed by atoms with Crippen LogP contribution in [0.5, 0.6) is 0 Å². The van der Waals surface area contributed by atoms with Crippen LogP contribution in [0.4, 0.5) is 11.4 Å². The zero-order valence-corrected chi connectivity index (χ0v) is 12.6. The number of hydrogen-bond acceptors (Lipinski definition) is 1.